The summed E-state index contributed by atoms with van der Waals surface area (Å²) < 4.78 is 71.8. The quantitative estimate of drug-likeness (QED) is 0.422. The molecule has 3 N–H and O–H groups in total. The van der Waals surface area contributed by atoms with Crippen LogP contribution in [0.5, 0.6) is 0 Å². The van der Waals surface area contributed by atoms with Crippen LogP contribution in [0.2, 0.25) is 0 Å². The first-order valence-corrected chi connectivity index (χ1v) is 12.8. The first-order chi connectivity index (χ1) is 17.0. The number of carbonyl (C=O) groups is 1. The van der Waals surface area contributed by atoms with Crippen LogP contribution >= 0.6 is 0 Å². The van der Waals surface area contributed by atoms with Gasteiger partial charge in [-0.2, -0.15) is 18.2 Å². The molecule has 1 amide bonds. The van der Waals surface area contributed by atoms with Gasteiger partial charge in [0.05, 0.1) is 5.75 Å². The Balaban J connectivity index is 1.74. The summed E-state index contributed by atoms with van der Waals surface area (Å²) in [6.45, 7) is 2.23. The molecule has 0 radical (unpaired) electrons. The van der Waals surface area contributed by atoms with Gasteiger partial charge >= 0.3 is 6.18 Å². The number of aromatic nitrogens is 3. The largest absolute Gasteiger partial charge is 0.421 e. The summed E-state index contributed by atoms with van der Waals surface area (Å²) in [4.78, 5) is 25.5. The first kappa shape index (κ1) is 27.4. The molecule has 2 aromatic heterocycles. The average molecular weight is 532 g/mol. The van der Waals surface area contributed by atoms with E-state index in [9.17, 15) is 26.4 Å². The maximum Gasteiger partial charge on any atom is 0.421 e. The predicted octanol–water partition coefficient (Wildman–Crippen LogP) is 2.31. The number of hydrogen-bond acceptors (Lipinski definition) is 9. The minimum atomic E-state index is -4.71. The summed E-state index contributed by atoms with van der Waals surface area (Å²) in [6, 6.07) is 2.96. The number of alkyl halides is 3. The number of anilines is 3. The molecule has 0 spiro atoms. The van der Waals surface area contributed by atoms with Crippen LogP contribution in [0.25, 0.3) is 0 Å². The number of ether oxygens (including phenoxy) is 1. The van der Waals surface area contributed by atoms with Crippen molar-refractivity contribution >= 4 is 33.5 Å². The van der Waals surface area contributed by atoms with E-state index >= 15 is 0 Å². The van der Waals surface area contributed by atoms with Crippen molar-refractivity contribution in [3.63, 3.8) is 0 Å². The van der Waals surface area contributed by atoms with E-state index in [1.54, 1.807) is 17.0 Å². The SMILES string of the molecule is CCS(=O)(=O)Nc1ncccc1CNc1nc(NC2CCN(C(=O)COC)CC2)ncc1C(F)(F)F. The van der Waals surface area contributed by atoms with E-state index < -0.39 is 27.6 Å². The van der Waals surface area contributed by atoms with Gasteiger partial charge in [-0.3, -0.25) is 9.52 Å². The predicted molar refractivity (Wildman–Crippen MR) is 127 cm³/mol. The molecule has 1 fully saturated rings. The van der Waals surface area contributed by atoms with E-state index in [0.29, 0.717) is 37.7 Å². The first-order valence-electron chi connectivity index (χ1n) is 11.2. The Bertz CT molecular complexity index is 1160. The number of methoxy groups -OCH3 is 1. The molecule has 15 heteroatoms. The van der Waals surface area contributed by atoms with Crippen molar-refractivity contribution in [1.29, 1.82) is 0 Å². The van der Waals surface area contributed by atoms with E-state index in [1.807, 2.05) is 0 Å². The molecular formula is C21H28F3N7O4S. The van der Waals surface area contributed by atoms with Gasteiger partial charge in [0.15, 0.2) is 0 Å². The molecule has 0 atom stereocenters. The maximum atomic E-state index is 13.6. The van der Waals surface area contributed by atoms with Gasteiger partial charge in [0.25, 0.3) is 0 Å². The number of rotatable bonds is 10. The Morgan fingerprint density at radius 2 is 1.94 bits per heavy atom. The summed E-state index contributed by atoms with van der Waals surface area (Å²) in [6.07, 6.45) is -1.51. The molecule has 3 heterocycles. The molecule has 1 saturated heterocycles. The molecule has 3 rings (SSSR count). The van der Waals surface area contributed by atoms with Crippen LogP contribution in [-0.2, 0) is 32.3 Å². The fourth-order valence-electron chi connectivity index (χ4n) is 3.54. The normalized spacial score (nSPS) is 15.0. The van der Waals surface area contributed by atoms with Crippen molar-refractivity contribution in [1.82, 2.24) is 19.9 Å². The number of likely N-dealkylation sites (tertiary alicyclic amines) is 1. The number of amides is 1. The Labute approximate surface area is 206 Å². The smallest absolute Gasteiger partial charge is 0.375 e. The number of sulfonamides is 1. The minimum Gasteiger partial charge on any atom is -0.375 e. The van der Waals surface area contributed by atoms with Gasteiger partial charge in [-0.25, -0.2) is 18.4 Å². The lowest BCUT2D eigenvalue weighted by Crippen LogP contribution is -2.43. The Hall–Kier alpha value is -3.20. The fourth-order valence-corrected chi connectivity index (χ4v) is 4.16. The molecule has 0 aliphatic carbocycles. The van der Waals surface area contributed by atoms with Crippen LogP contribution in [-0.4, -0.2) is 72.8 Å². The fraction of sp³-hybridized carbons (Fsp3) is 0.524. The Kier molecular flexibility index (Phi) is 8.89. The van der Waals surface area contributed by atoms with Gasteiger partial charge in [0, 0.05) is 50.7 Å². The summed E-state index contributed by atoms with van der Waals surface area (Å²) in [7, 11) is -2.19. The lowest BCUT2D eigenvalue weighted by atomic mass is 10.1. The molecule has 0 saturated carbocycles. The summed E-state index contributed by atoms with van der Waals surface area (Å²) >= 11 is 0. The second-order valence-corrected chi connectivity index (χ2v) is 10.1. The lowest BCUT2D eigenvalue weighted by molar-refractivity contribution is -0.137. The summed E-state index contributed by atoms with van der Waals surface area (Å²) in [5.74, 6) is -0.743. The van der Waals surface area contributed by atoms with Gasteiger partial charge in [-0.05, 0) is 25.8 Å². The monoisotopic (exact) mass is 531 g/mol. The van der Waals surface area contributed by atoms with E-state index in [0.717, 1.165) is 0 Å². The third kappa shape index (κ3) is 7.40. The molecule has 11 nitrogen and oxygen atoms in total. The molecule has 198 valence electrons. The highest BCUT2D eigenvalue weighted by Gasteiger charge is 2.35. The van der Waals surface area contributed by atoms with E-state index in [4.69, 9.17) is 4.74 Å². The minimum absolute atomic E-state index is 0.00487. The molecular weight excluding hydrogens is 503 g/mol. The van der Waals surface area contributed by atoms with Crippen molar-refractivity contribution < 1.29 is 31.1 Å². The number of piperidine rings is 1. The Morgan fingerprint density at radius 1 is 1.22 bits per heavy atom. The van der Waals surface area contributed by atoms with Crippen molar-refractivity contribution in [2.45, 2.75) is 38.5 Å². The topological polar surface area (TPSA) is 138 Å². The second-order valence-electron chi connectivity index (χ2n) is 8.06. The lowest BCUT2D eigenvalue weighted by Gasteiger charge is -2.32. The zero-order valence-corrected chi connectivity index (χ0v) is 20.6. The molecule has 1 aliphatic heterocycles. The zero-order valence-electron chi connectivity index (χ0n) is 19.8. The number of nitrogens with one attached hydrogen (secondary N) is 3. The molecule has 2 aromatic rings. The maximum absolute atomic E-state index is 13.6. The third-order valence-corrected chi connectivity index (χ3v) is 6.78. The highest BCUT2D eigenvalue weighted by Crippen LogP contribution is 2.34. The summed E-state index contributed by atoms with van der Waals surface area (Å²) in [5, 5.41) is 5.68. The number of nitrogens with zero attached hydrogens (tertiary/aromatic N) is 4. The van der Waals surface area contributed by atoms with Crippen LogP contribution in [0.1, 0.15) is 30.9 Å². The number of carbonyl (C=O) groups excluding carboxylic acids is 1. The van der Waals surface area contributed by atoms with Crippen molar-refractivity contribution in [2.75, 3.05) is 47.9 Å². The third-order valence-electron chi connectivity index (χ3n) is 5.51. The van der Waals surface area contributed by atoms with Crippen molar-refractivity contribution in [3.8, 4) is 0 Å². The van der Waals surface area contributed by atoms with Gasteiger partial charge < -0.3 is 20.3 Å². The van der Waals surface area contributed by atoms with Crippen LogP contribution in [0, 0.1) is 0 Å². The van der Waals surface area contributed by atoms with Gasteiger partial charge in [0.2, 0.25) is 21.9 Å². The number of hydrogen-bond donors (Lipinski definition) is 3. The van der Waals surface area contributed by atoms with Gasteiger partial charge in [0.1, 0.15) is 23.8 Å². The van der Waals surface area contributed by atoms with E-state index in [1.165, 1.54) is 20.2 Å². The molecule has 0 aromatic carbocycles. The summed E-state index contributed by atoms with van der Waals surface area (Å²) in [5.41, 5.74) is -0.725. The van der Waals surface area contributed by atoms with Gasteiger partial charge in [-0.15, -0.1) is 0 Å². The zero-order chi connectivity index (χ0) is 26.3. The van der Waals surface area contributed by atoms with E-state index in [2.05, 4.69) is 30.3 Å². The number of pyridine rings is 1. The molecule has 36 heavy (non-hydrogen) atoms. The average Bonchev–Trinajstić information content (AvgIpc) is 2.83. The highest BCUT2D eigenvalue weighted by atomic mass is 32.2. The van der Waals surface area contributed by atoms with Crippen LogP contribution < -0.4 is 15.4 Å². The molecule has 0 bridgehead atoms. The van der Waals surface area contributed by atoms with Crippen molar-refractivity contribution in [2.24, 2.45) is 0 Å². The van der Waals surface area contributed by atoms with Crippen LogP contribution in [0.15, 0.2) is 24.5 Å². The van der Waals surface area contributed by atoms with E-state index in [-0.39, 0.29) is 42.6 Å². The second kappa shape index (κ2) is 11.7. The molecule has 0 unspecified atom stereocenters. The standard InChI is InChI=1S/C21H28F3N7O4S/c1-3-36(33,34)30-18-14(5-4-8-25-18)11-26-19-16(21(22,23)24)12-27-20(29-19)28-15-6-9-31(10-7-15)17(32)13-35-2/h4-5,8,12,15H,3,6-7,9-11,13H2,1-2H3,(H,25,30)(H2,26,27,28,29). The molecule has 1 aliphatic rings. The van der Waals surface area contributed by atoms with Gasteiger partial charge in [-0.1, -0.05) is 6.07 Å². The van der Waals surface area contributed by atoms with Crippen molar-refractivity contribution in [3.05, 3.63) is 35.7 Å². The Morgan fingerprint density at radius 3 is 2.58 bits per heavy atom. The van der Waals surface area contributed by atoms with Crippen LogP contribution in [0.3, 0.4) is 0 Å². The number of halogens is 3. The van der Waals surface area contributed by atoms with Crippen LogP contribution in [0.4, 0.5) is 30.8 Å². The highest BCUT2D eigenvalue weighted by molar-refractivity contribution is 7.92.